The Hall–Kier alpha value is -0.930. The van der Waals surface area contributed by atoms with Crippen molar-refractivity contribution in [2.45, 2.75) is 13.3 Å². The predicted molar refractivity (Wildman–Crippen MR) is 67.6 cm³/mol. The van der Waals surface area contributed by atoms with Gasteiger partial charge in [-0.05, 0) is 19.1 Å². The van der Waals surface area contributed by atoms with Crippen molar-refractivity contribution in [1.29, 1.82) is 0 Å². The summed E-state index contributed by atoms with van der Waals surface area (Å²) in [5, 5.41) is 3.80. The SMILES string of the molecule is CCN1CCC(=O)Nc2cc(Cl)c(Cl)cc21. The van der Waals surface area contributed by atoms with E-state index in [0.29, 0.717) is 23.0 Å². The van der Waals surface area contributed by atoms with Gasteiger partial charge in [0.2, 0.25) is 5.91 Å². The average molecular weight is 259 g/mol. The Kier molecular flexibility index (Phi) is 3.26. The summed E-state index contributed by atoms with van der Waals surface area (Å²) in [6.07, 6.45) is 0.484. The van der Waals surface area contributed by atoms with Crippen molar-refractivity contribution >= 4 is 40.5 Å². The van der Waals surface area contributed by atoms with Crippen molar-refractivity contribution in [3.63, 3.8) is 0 Å². The topological polar surface area (TPSA) is 32.3 Å². The second-order valence-electron chi connectivity index (χ2n) is 3.66. The third-order valence-electron chi connectivity index (χ3n) is 2.64. The van der Waals surface area contributed by atoms with E-state index in [1.807, 2.05) is 6.92 Å². The third-order valence-corrected chi connectivity index (χ3v) is 3.37. The number of halogens is 2. The Bertz CT molecular complexity index is 434. The molecule has 16 heavy (non-hydrogen) atoms. The lowest BCUT2D eigenvalue weighted by Gasteiger charge is -2.22. The summed E-state index contributed by atoms with van der Waals surface area (Å²) >= 11 is 11.9. The molecule has 0 atom stereocenters. The van der Waals surface area contributed by atoms with Crippen LogP contribution in [0.3, 0.4) is 0 Å². The number of rotatable bonds is 1. The maximum atomic E-state index is 11.5. The van der Waals surface area contributed by atoms with Crippen LogP contribution in [0.2, 0.25) is 10.0 Å². The number of fused-ring (bicyclic) bond motifs is 1. The number of carbonyl (C=O) groups excluding carboxylic acids is 1. The monoisotopic (exact) mass is 258 g/mol. The Balaban J connectivity index is 2.51. The highest BCUT2D eigenvalue weighted by atomic mass is 35.5. The zero-order valence-electron chi connectivity index (χ0n) is 8.89. The molecule has 0 radical (unpaired) electrons. The summed E-state index contributed by atoms with van der Waals surface area (Å²) in [5.41, 5.74) is 1.67. The largest absolute Gasteiger partial charge is 0.370 e. The zero-order valence-corrected chi connectivity index (χ0v) is 10.4. The molecule has 1 N–H and O–H groups in total. The molecule has 1 heterocycles. The first kappa shape index (κ1) is 11.6. The molecular formula is C11H12Cl2N2O. The molecule has 0 aromatic heterocycles. The highest BCUT2D eigenvalue weighted by Gasteiger charge is 2.19. The van der Waals surface area contributed by atoms with E-state index in [1.165, 1.54) is 0 Å². The number of hydrogen-bond donors (Lipinski definition) is 1. The molecule has 0 fully saturated rings. The predicted octanol–water partition coefficient (Wildman–Crippen LogP) is 3.16. The number of amides is 1. The Labute approximate surface area is 104 Å². The van der Waals surface area contributed by atoms with Crippen molar-refractivity contribution in [2.75, 3.05) is 23.3 Å². The molecule has 2 rings (SSSR count). The van der Waals surface area contributed by atoms with Crippen molar-refractivity contribution in [3.05, 3.63) is 22.2 Å². The molecule has 0 unspecified atom stereocenters. The molecule has 0 saturated carbocycles. The lowest BCUT2D eigenvalue weighted by molar-refractivity contribution is -0.115. The van der Waals surface area contributed by atoms with E-state index in [4.69, 9.17) is 23.2 Å². The van der Waals surface area contributed by atoms with Gasteiger partial charge in [-0.15, -0.1) is 0 Å². The molecule has 0 aliphatic carbocycles. The zero-order chi connectivity index (χ0) is 11.7. The number of anilines is 2. The van der Waals surface area contributed by atoms with E-state index in [1.54, 1.807) is 12.1 Å². The lowest BCUT2D eigenvalue weighted by atomic mass is 10.2. The molecule has 86 valence electrons. The van der Waals surface area contributed by atoms with E-state index >= 15 is 0 Å². The van der Waals surface area contributed by atoms with Crippen molar-refractivity contribution in [3.8, 4) is 0 Å². The second kappa shape index (κ2) is 4.52. The summed E-state index contributed by atoms with van der Waals surface area (Å²) in [5.74, 6) is 0.00980. The minimum absolute atomic E-state index is 0.00980. The van der Waals surface area contributed by atoms with Gasteiger partial charge in [-0.25, -0.2) is 0 Å². The van der Waals surface area contributed by atoms with Gasteiger partial charge in [0.05, 0.1) is 21.4 Å². The molecule has 3 nitrogen and oxygen atoms in total. The molecular weight excluding hydrogens is 247 g/mol. The maximum absolute atomic E-state index is 11.5. The van der Waals surface area contributed by atoms with Crippen LogP contribution >= 0.6 is 23.2 Å². The minimum Gasteiger partial charge on any atom is -0.370 e. The fraction of sp³-hybridized carbons (Fsp3) is 0.364. The first-order valence-corrected chi connectivity index (χ1v) is 5.91. The smallest absolute Gasteiger partial charge is 0.226 e. The molecule has 5 heteroatoms. The quantitative estimate of drug-likeness (QED) is 0.840. The average Bonchev–Trinajstić information content (AvgIpc) is 2.38. The van der Waals surface area contributed by atoms with Gasteiger partial charge in [0.25, 0.3) is 0 Å². The number of nitrogens with zero attached hydrogens (tertiary/aromatic N) is 1. The van der Waals surface area contributed by atoms with Gasteiger partial charge in [0.15, 0.2) is 0 Å². The highest BCUT2D eigenvalue weighted by molar-refractivity contribution is 6.42. The molecule has 0 bridgehead atoms. The molecule has 1 aromatic carbocycles. The van der Waals surface area contributed by atoms with Gasteiger partial charge in [-0.2, -0.15) is 0 Å². The van der Waals surface area contributed by atoms with Gasteiger partial charge in [0, 0.05) is 19.5 Å². The maximum Gasteiger partial charge on any atom is 0.226 e. The van der Waals surface area contributed by atoms with Crippen molar-refractivity contribution in [2.24, 2.45) is 0 Å². The van der Waals surface area contributed by atoms with E-state index in [-0.39, 0.29) is 5.91 Å². The summed E-state index contributed by atoms with van der Waals surface area (Å²) < 4.78 is 0. The van der Waals surface area contributed by atoms with Crippen LogP contribution in [0.1, 0.15) is 13.3 Å². The minimum atomic E-state index is 0.00980. The van der Waals surface area contributed by atoms with E-state index < -0.39 is 0 Å². The molecule has 0 spiro atoms. The van der Waals surface area contributed by atoms with Crippen molar-refractivity contribution < 1.29 is 4.79 Å². The van der Waals surface area contributed by atoms with Gasteiger partial charge < -0.3 is 10.2 Å². The van der Waals surface area contributed by atoms with Crippen LogP contribution in [0.15, 0.2) is 12.1 Å². The van der Waals surface area contributed by atoms with Crippen molar-refractivity contribution in [1.82, 2.24) is 0 Å². The summed E-state index contributed by atoms with van der Waals surface area (Å²) in [7, 11) is 0. The van der Waals surface area contributed by atoms with Gasteiger partial charge in [-0.1, -0.05) is 23.2 Å². The summed E-state index contributed by atoms with van der Waals surface area (Å²) in [6.45, 7) is 3.58. The molecule has 0 saturated heterocycles. The molecule has 1 amide bonds. The molecule has 1 aliphatic rings. The van der Waals surface area contributed by atoms with Gasteiger partial charge in [-0.3, -0.25) is 4.79 Å². The van der Waals surface area contributed by atoms with Crippen LogP contribution in [-0.4, -0.2) is 19.0 Å². The van der Waals surface area contributed by atoms with Crippen LogP contribution in [0.5, 0.6) is 0 Å². The second-order valence-corrected chi connectivity index (χ2v) is 4.48. The summed E-state index contributed by atoms with van der Waals surface area (Å²) in [6, 6.07) is 3.50. The van der Waals surface area contributed by atoms with Crippen LogP contribution in [0.25, 0.3) is 0 Å². The summed E-state index contributed by atoms with van der Waals surface area (Å²) in [4.78, 5) is 13.6. The van der Waals surface area contributed by atoms with Crippen LogP contribution < -0.4 is 10.2 Å². The fourth-order valence-electron chi connectivity index (χ4n) is 1.80. The normalized spacial score (nSPS) is 15.4. The number of carbonyl (C=O) groups is 1. The molecule has 1 aliphatic heterocycles. The first-order valence-electron chi connectivity index (χ1n) is 5.15. The van der Waals surface area contributed by atoms with E-state index in [9.17, 15) is 4.79 Å². The van der Waals surface area contributed by atoms with E-state index in [2.05, 4.69) is 10.2 Å². The Morgan fingerprint density at radius 2 is 2.06 bits per heavy atom. The Morgan fingerprint density at radius 3 is 2.75 bits per heavy atom. The van der Waals surface area contributed by atoms with Gasteiger partial charge >= 0.3 is 0 Å². The highest BCUT2D eigenvalue weighted by Crippen LogP contribution is 2.36. The lowest BCUT2D eigenvalue weighted by Crippen LogP contribution is -2.23. The van der Waals surface area contributed by atoms with Crippen LogP contribution in [-0.2, 0) is 4.79 Å². The number of nitrogens with one attached hydrogen (secondary N) is 1. The molecule has 1 aromatic rings. The van der Waals surface area contributed by atoms with Crippen LogP contribution in [0.4, 0.5) is 11.4 Å². The van der Waals surface area contributed by atoms with Gasteiger partial charge in [0.1, 0.15) is 0 Å². The number of hydrogen-bond acceptors (Lipinski definition) is 2. The Morgan fingerprint density at radius 1 is 1.38 bits per heavy atom. The van der Waals surface area contributed by atoms with Crippen LogP contribution in [0, 0.1) is 0 Å². The third kappa shape index (κ3) is 2.11. The first-order chi connectivity index (χ1) is 7.61. The number of benzene rings is 1. The fourth-order valence-corrected chi connectivity index (χ4v) is 2.12. The van der Waals surface area contributed by atoms with E-state index in [0.717, 1.165) is 17.9 Å². The standard InChI is InChI=1S/C11H12Cl2N2O/c1-2-15-4-3-11(16)14-9-5-7(12)8(13)6-10(9)15/h5-6H,2-4H2,1H3,(H,14,16).